The molecule has 0 N–H and O–H groups in total. The molecule has 0 saturated carbocycles. The van der Waals surface area contributed by atoms with Crippen LogP contribution < -0.4 is 5.56 Å². The van der Waals surface area contributed by atoms with E-state index in [9.17, 15) is 4.79 Å². The van der Waals surface area contributed by atoms with Gasteiger partial charge in [0.1, 0.15) is 5.82 Å². The molecular weight excluding hydrogens is 497 g/mol. The topological polar surface area (TPSA) is 39.8 Å². The van der Waals surface area contributed by atoms with E-state index in [1.165, 1.54) is 10.9 Å². The molecule has 5 aromatic rings. The maximum atomic E-state index is 13.5. The van der Waals surface area contributed by atoms with Crippen LogP contribution in [0.25, 0.3) is 39.6 Å². The first-order valence-corrected chi connectivity index (χ1v) is 11.1. The molecule has 0 aliphatic heterocycles. The molecule has 0 amide bonds. The molecule has 0 bridgehead atoms. The minimum atomic E-state index is -0.0649. The van der Waals surface area contributed by atoms with Gasteiger partial charge in [0.15, 0.2) is 0 Å². The fraction of sp³-hybridized carbons (Fsp3) is 0.0769. The Morgan fingerprint density at radius 1 is 0.935 bits per heavy atom. The number of nitrogens with zero attached hydrogens (tertiary/aromatic N) is 3. The molecule has 0 saturated heterocycles. The zero-order chi connectivity index (χ0) is 21.5. The van der Waals surface area contributed by atoms with Crippen molar-refractivity contribution in [1.29, 1.82) is 0 Å². The van der Waals surface area contributed by atoms with Crippen molar-refractivity contribution in [3.05, 3.63) is 104 Å². The van der Waals surface area contributed by atoms with Crippen LogP contribution in [0.3, 0.4) is 0 Å². The summed E-state index contributed by atoms with van der Waals surface area (Å²) >= 11 is 2.23. The van der Waals surface area contributed by atoms with E-state index in [1.807, 2.05) is 80.7 Å². The molecule has 5 heteroatoms. The normalized spacial score (nSPS) is 11.7. The number of para-hydroxylation sites is 1. The molecule has 5 rings (SSSR count). The largest absolute Gasteiger partial charge is 0.350 e. The third-order valence-corrected chi connectivity index (χ3v) is 6.16. The average Bonchev–Trinajstić information content (AvgIpc) is 3.10. The van der Waals surface area contributed by atoms with Crippen LogP contribution in [0.1, 0.15) is 17.0 Å². The van der Waals surface area contributed by atoms with Crippen molar-refractivity contribution in [3.8, 4) is 5.69 Å². The van der Waals surface area contributed by atoms with Gasteiger partial charge in [-0.05, 0) is 78.1 Å². The van der Waals surface area contributed by atoms with E-state index < -0.39 is 0 Å². The second kappa shape index (κ2) is 7.81. The summed E-state index contributed by atoms with van der Waals surface area (Å²) in [6, 6.07) is 22.0. The number of aromatic nitrogens is 3. The van der Waals surface area contributed by atoms with Gasteiger partial charge in [-0.2, -0.15) is 0 Å². The van der Waals surface area contributed by atoms with Crippen LogP contribution in [0.15, 0.2) is 77.7 Å². The first-order valence-electron chi connectivity index (χ1n) is 10.0. The summed E-state index contributed by atoms with van der Waals surface area (Å²) in [4.78, 5) is 18.3. The number of halogens is 1. The zero-order valence-corrected chi connectivity index (χ0v) is 19.4. The summed E-state index contributed by atoms with van der Waals surface area (Å²) in [6.45, 7) is 2.04. The lowest BCUT2D eigenvalue weighted by molar-refractivity contribution is 0.943. The predicted molar refractivity (Wildman–Crippen MR) is 137 cm³/mol. The summed E-state index contributed by atoms with van der Waals surface area (Å²) in [7, 11) is 2.04. The highest BCUT2D eigenvalue weighted by Gasteiger charge is 2.12. The lowest BCUT2D eigenvalue weighted by Gasteiger charge is -2.12. The Morgan fingerprint density at radius 2 is 1.71 bits per heavy atom. The van der Waals surface area contributed by atoms with E-state index in [2.05, 4.69) is 45.5 Å². The Labute approximate surface area is 193 Å². The van der Waals surface area contributed by atoms with Crippen LogP contribution in [0.5, 0.6) is 0 Å². The Kier molecular flexibility index (Phi) is 4.98. The van der Waals surface area contributed by atoms with Gasteiger partial charge in [0.2, 0.25) is 0 Å². The van der Waals surface area contributed by atoms with E-state index in [1.54, 1.807) is 4.57 Å². The molecule has 152 valence electrons. The van der Waals surface area contributed by atoms with Gasteiger partial charge in [-0.25, -0.2) is 4.98 Å². The van der Waals surface area contributed by atoms with E-state index >= 15 is 0 Å². The molecule has 31 heavy (non-hydrogen) atoms. The van der Waals surface area contributed by atoms with E-state index in [0.717, 1.165) is 20.4 Å². The second-order valence-electron chi connectivity index (χ2n) is 7.65. The lowest BCUT2D eigenvalue weighted by Crippen LogP contribution is -2.22. The Hall–Kier alpha value is -3.19. The molecule has 2 aromatic heterocycles. The molecule has 0 aliphatic rings. The fourth-order valence-electron chi connectivity index (χ4n) is 3.90. The van der Waals surface area contributed by atoms with Crippen molar-refractivity contribution in [1.82, 2.24) is 14.1 Å². The highest BCUT2D eigenvalue weighted by Crippen LogP contribution is 2.23. The molecule has 0 radical (unpaired) electrons. The Balaban J connectivity index is 1.74. The van der Waals surface area contributed by atoms with Gasteiger partial charge in [0, 0.05) is 33.3 Å². The first kappa shape index (κ1) is 19.8. The summed E-state index contributed by atoms with van der Waals surface area (Å²) in [5, 5.41) is 1.79. The van der Waals surface area contributed by atoms with E-state index in [4.69, 9.17) is 4.98 Å². The monoisotopic (exact) mass is 517 g/mol. The van der Waals surface area contributed by atoms with Crippen LogP contribution in [0.4, 0.5) is 0 Å². The molecule has 4 nitrogen and oxygen atoms in total. The molecule has 3 aromatic carbocycles. The molecule has 0 spiro atoms. The van der Waals surface area contributed by atoms with Crippen LogP contribution in [-0.4, -0.2) is 14.1 Å². The van der Waals surface area contributed by atoms with Gasteiger partial charge in [-0.1, -0.05) is 35.9 Å². The lowest BCUT2D eigenvalue weighted by atomic mass is 10.1. The average molecular weight is 517 g/mol. The van der Waals surface area contributed by atoms with Crippen LogP contribution in [0, 0.1) is 10.5 Å². The predicted octanol–water partition coefficient (Wildman–Crippen LogP) is 5.96. The molecule has 0 aliphatic carbocycles. The van der Waals surface area contributed by atoms with Gasteiger partial charge >= 0.3 is 0 Å². The van der Waals surface area contributed by atoms with Gasteiger partial charge < -0.3 is 4.57 Å². The maximum absolute atomic E-state index is 13.5. The molecule has 2 heterocycles. The number of fused-ring (bicyclic) bond motifs is 2. The van der Waals surface area contributed by atoms with Crippen LogP contribution >= 0.6 is 22.6 Å². The zero-order valence-electron chi connectivity index (χ0n) is 17.2. The van der Waals surface area contributed by atoms with Crippen LogP contribution in [0.2, 0.25) is 0 Å². The summed E-state index contributed by atoms with van der Waals surface area (Å²) in [5.74, 6) is 0.607. The number of rotatable bonds is 3. The van der Waals surface area contributed by atoms with E-state index in [0.29, 0.717) is 16.7 Å². The highest BCUT2D eigenvalue weighted by molar-refractivity contribution is 14.1. The van der Waals surface area contributed by atoms with Crippen molar-refractivity contribution < 1.29 is 0 Å². The highest BCUT2D eigenvalue weighted by atomic mass is 127. The quantitative estimate of drug-likeness (QED) is 0.277. The number of benzene rings is 3. The summed E-state index contributed by atoms with van der Waals surface area (Å²) in [5.41, 5.74) is 4.84. The van der Waals surface area contributed by atoms with Crippen molar-refractivity contribution in [2.75, 3.05) is 0 Å². The number of aryl methyl sites for hydroxylation is 2. The van der Waals surface area contributed by atoms with Crippen molar-refractivity contribution in [2.24, 2.45) is 7.05 Å². The molecule has 0 fully saturated rings. The Morgan fingerprint density at radius 3 is 2.52 bits per heavy atom. The van der Waals surface area contributed by atoms with Gasteiger partial charge in [0.25, 0.3) is 5.56 Å². The van der Waals surface area contributed by atoms with Gasteiger partial charge in [0.05, 0.1) is 16.6 Å². The van der Waals surface area contributed by atoms with Crippen molar-refractivity contribution in [3.63, 3.8) is 0 Å². The minimum Gasteiger partial charge on any atom is -0.350 e. The Bertz CT molecular complexity index is 1520. The fourth-order valence-corrected chi connectivity index (χ4v) is 4.39. The third-order valence-electron chi connectivity index (χ3n) is 5.49. The summed E-state index contributed by atoms with van der Waals surface area (Å²) < 4.78 is 4.82. The molecule has 0 unspecified atom stereocenters. The second-order valence-corrected chi connectivity index (χ2v) is 8.90. The standard InChI is InChI=1S/C26H20IN3O/c1-17-7-11-20(12-8-17)30-25(28-23-13-10-19(27)15-22(23)26(30)31)14-9-18-16-29(2)24-6-4-3-5-21(18)24/h3-16H,1-2H3/b14-9+. The SMILES string of the molecule is Cc1ccc(-n2c(/C=C/c3cn(C)c4ccccc34)nc3ccc(I)cc3c2=O)cc1. The van der Waals surface area contributed by atoms with Gasteiger partial charge in [-0.15, -0.1) is 0 Å². The smallest absolute Gasteiger partial charge is 0.266 e. The maximum Gasteiger partial charge on any atom is 0.266 e. The number of hydrogen-bond donors (Lipinski definition) is 0. The number of hydrogen-bond acceptors (Lipinski definition) is 2. The van der Waals surface area contributed by atoms with E-state index in [-0.39, 0.29) is 5.56 Å². The molecule has 0 atom stereocenters. The van der Waals surface area contributed by atoms with Crippen molar-refractivity contribution in [2.45, 2.75) is 6.92 Å². The third kappa shape index (κ3) is 3.59. The van der Waals surface area contributed by atoms with Gasteiger partial charge in [-0.3, -0.25) is 9.36 Å². The first-order chi connectivity index (χ1) is 15.0. The summed E-state index contributed by atoms with van der Waals surface area (Å²) in [6.07, 6.45) is 6.06. The van der Waals surface area contributed by atoms with Crippen molar-refractivity contribution >= 4 is 56.5 Å². The molecular formula is C26H20IN3O. The van der Waals surface area contributed by atoms with Crippen LogP contribution in [-0.2, 0) is 7.05 Å². The minimum absolute atomic E-state index is 0.0649.